The molecule has 5 amide bonds. The van der Waals surface area contributed by atoms with Crippen molar-refractivity contribution in [2.24, 2.45) is 29.6 Å². The zero-order valence-corrected chi connectivity index (χ0v) is 53.1. The van der Waals surface area contributed by atoms with Gasteiger partial charge in [0.15, 0.2) is 0 Å². The summed E-state index contributed by atoms with van der Waals surface area (Å²) in [6, 6.07) is 7.73. The Kier molecular flexibility index (Phi) is 19.4. The van der Waals surface area contributed by atoms with Crippen LogP contribution < -0.4 is 10.6 Å². The summed E-state index contributed by atoms with van der Waals surface area (Å²) in [7, 11) is 0. The molecule has 2 aromatic carbocycles. The first-order chi connectivity index (χ1) is 41.3. The van der Waals surface area contributed by atoms with Crippen LogP contribution >= 0.6 is 0 Å². The van der Waals surface area contributed by atoms with Gasteiger partial charge in [0.25, 0.3) is 0 Å². The number of fused-ring (bicyclic) bond motifs is 4. The number of aromatic nitrogens is 2. The Hall–Kier alpha value is -6.20. The number of hydrogen-bond acceptors (Lipinski definition) is 9. The smallest absolute Gasteiger partial charge is 0.408 e. The number of nitrogens with one attached hydrogen (secondary N) is 4. The van der Waals surface area contributed by atoms with Crippen molar-refractivity contribution in [2.45, 2.75) is 250 Å². The number of carbonyl (C=O) groups is 6. The van der Waals surface area contributed by atoms with E-state index >= 15 is 0 Å². The zero-order chi connectivity index (χ0) is 62.1. The normalized spacial score (nSPS) is 25.1. The van der Waals surface area contributed by atoms with Gasteiger partial charge in [-0.2, -0.15) is 0 Å². The third-order valence-electron chi connectivity index (χ3n) is 19.9. The average molecular weight is 1210 g/mol. The molecule has 0 radical (unpaired) electrons. The molecule has 11 rings (SSSR count). The van der Waals surface area contributed by atoms with Gasteiger partial charge in [-0.25, -0.2) is 18.4 Å². The fraction of sp³-hybridized carbons (Fsp3) is 0.681. The predicted molar refractivity (Wildman–Crippen MR) is 330 cm³/mol. The number of carbonyl (C=O) groups excluding carboxylic acids is 6. The molecule has 7 aliphatic rings. The number of benzene rings is 2. The lowest BCUT2D eigenvalue weighted by atomic mass is 9.77. The first kappa shape index (κ1) is 63.8. The highest BCUT2D eigenvalue weighted by Crippen LogP contribution is 2.50. The molecule has 7 fully saturated rings. The van der Waals surface area contributed by atoms with Crippen LogP contribution in [0, 0.1) is 41.2 Å². The molecule has 2 aromatic heterocycles. The fourth-order valence-electron chi connectivity index (χ4n) is 16.3. The number of amides is 5. The van der Waals surface area contributed by atoms with Gasteiger partial charge in [0, 0.05) is 71.7 Å². The van der Waals surface area contributed by atoms with Gasteiger partial charge in [0.2, 0.25) is 17.7 Å². The molecule has 4 N–H and O–H groups in total. The van der Waals surface area contributed by atoms with E-state index in [9.17, 15) is 37.5 Å². The van der Waals surface area contributed by atoms with Gasteiger partial charge >= 0.3 is 18.2 Å². The maximum absolute atomic E-state index is 14.9. The van der Waals surface area contributed by atoms with Gasteiger partial charge in [0.1, 0.15) is 40.5 Å². The maximum Gasteiger partial charge on any atom is 0.408 e. The second-order valence-electron chi connectivity index (χ2n) is 29.4. The summed E-state index contributed by atoms with van der Waals surface area (Å²) < 4.78 is 45.0. The van der Waals surface area contributed by atoms with Crippen LogP contribution in [0.5, 0.6) is 0 Å². The van der Waals surface area contributed by atoms with Crippen LogP contribution in [0.3, 0.4) is 0 Å². The molecule has 87 heavy (non-hydrogen) atoms. The van der Waals surface area contributed by atoms with Crippen molar-refractivity contribution in [1.29, 1.82) is 0 Å². The Morgan fingerprint density at radius 2 is 0.966 bits per heavy atom. The summed E-state index contributed by atoms with van der Waals surface area (Å²) in [5, 5.41) is 7.86. The Morgan fingerprint density at radius 1 is 0.517 bits per heavy atom. The lowest BCUT2D eigenvalue weighted by Gasteiger charge is -2.36. The number of rotatable bonds is 12. The minimum atomic E-state index is -0.751. The average Bonchev–Trinajstić information content (AvgIpc) is 1.62. The topological polar surface area (TPSA) is 195 Å². The van der Waals surface area contributed by atoms with E-state index in [4.69, 9.17) is 14.2 Å². The highest BCUT2D eigenvalue weighted by molar-refractivity contribution is 5.90. The molecule has 4 aliphatic carbocycles. The summed E-state index contributed by atoms with van der Waals surface area (Å²) in [6.07, 6.45) is 21.4. The minimum Gasteiger partial charge on any atom is -0.460 e. The van der Waals surface area contributed by atoms with E-state index in [-0.39, 0.29) is 89.5 Å². The lowest BCUT2D eigenvalue weighted by molar-refractivity contribution is -0.160. The lowest BCUT2D eigenvalue weighted by Crippen LogP contribution is -2.55. The fourth-order valence-corrected chi connectivity index (χ4v) is 16.3. The Balaban J connectivity index is 0.000000208. The van der Waals surface area contributed by atoms with Gasteiger partial charge in [-0.05, 0) is 198 Å². The van der Waals surface area contributed by atoms with E-state index in [1.54, 1.807) is 26.8 Å². The molecule has 3 saturated heterocycles. The number of halogens is 2. The third-order valence-corrected chi connectivity index (χ3v) is 19.9. The maximum atomic E-state index is 14.9. The molecule has 18 heteroatoms. The highest BCUT2D eigenvalue weighted by atomic mass is 19.1. The number of nitrogens with zero attached hydrogens (tertiary/aromatic N) is 3. The minimum absolute atomic E-state index is 0.0222. The van der Waals surface area contributed by atoms with E-state index in [2.05, 4.69) is 25.5 Å². The molecule has 16 nitrogen and oxygen atoms in total. The summed E-state index contributed by atoms with van der Waals surface area (Å²) in [4.78, 5) is 95.6. The van der Waals surface area contributed by atoms with E-state index < -0.39 is 47.0 Å². The summed E-state index contributed by atoms with van der Waals surface area (Å²) in [6.45, 7) is 18.0. The van der Waals surface area contributed by atoms with Crippen molar-refractivity contribution in [2.75, 3.05) is 19.6 Å². The highest BCUT2D eigenvalue weighted by Gasteiger charge is 2.56. The standard InChI is InChI=1S/C41H59FN4O6.C28H38FN3O3/c1-40(2,3)51-34(47)22-29(25-13-9-7-10-14-25)37(48)46-24-31(30-23-43-32-21-27(42)17-18-28(30)32)36-33(46)19-20-45(36)38(49)35(26-15-11-8-12-16-26)44-39(50)52-41(4,5)6;1-28(2,3)35-27(34)31-24(17-7-5-4-6-8-17)26(33)32-14-13-18-9-11-21(25(18)32)22-16-30-23-15-19(29)10-12-20(22)23/h17-18,21,23,25-26,29,31,33,35-36,43H,7-16,19-20,22,24H2,1-6H3,(H,44,50);10,12,15-18,21,24-25,30H,4-9,11,13-14H2,1-3H3,(H,31,34)/t29-,31+,33+,35-,36+;18-,21-,24+,25+/m01/s1. The molecule has 4 aromatic rings. The molecule has 0 spiro atoms. The van der Waals surface area contributed by atoms with E-state index in [1.165, 1.54) is 36.2 Å². The van der Waals surface area contributed by atoms with E-state index in [1.807, 2.05) is 69.8 Å². The molecule has 4 saturated carbocycles. The second-order valence-corrected chi connectivity index (χ2v) is 29.4. The van der Waals surface area contributed by atoms with Crippen LogP contribution in [0.4, 0.5) is 18.4 Å². The van der Waals surface area contributed by atoms with Crippen LogP contribution in [0.2, 0.25) is 0 Å². The monoisotopic (exact) mass is 1210 g/mol. The van der Waals surface area contributed by atoms with Gasteiger partial charge in [-0.15, -0.1) is 0 Å². The molecule has 3 aliphatic heterocycles. The summed E-state index contributed by atoms with van der Waals surface area (Å²) >= 11 is 0. The molecular formula is C69H97F2N7O9. The van der Waals surface area contributed by atoms with Crippen molar-refractivity contribution in [3.8, 4) is 0 Å². The number of hydrogen-bond donors (Lipinski definition) is 4. The Labute approximate surface area is 513 Å². The number of esters is 1. The molecular weight excluding hydrogens is 1110 g/mol. The van der Waals surface area contributed by atoms with Crippen molar-refractivity contribution in [3.63, 3.8) is 0 Å². The van der Waals surface area contributed by atoms with Gasteiger partial charge in [-0.1, -0.05) is 57.8 Å². The number of alkyl carbamates (subject to hydrolysis) is 2. The van der Waals surface area contributed by atoms with Crippen molar-refractivity contribution >= 4 is 57.7 Å². The van der Waals surface area contributed by atoms with Crippen LogP contribution in [0.1, 0.15) is 214 Å². The second kappa shape index (κ2) is 26.5. The van der Waals surface area contributed by atoms with Crippen LogP contribution in [0.25, 0.3) is 21.8 Å². The first-order valence-corrected chi connectivity index (χ1v) is 33.0. The summed E-state index contributed by atoms with van der Waals surface area (Å²) in [5.74, 6) is -1.04. The van der Waals surface area contributed by atoms with Crippen molar-refractivity contribution < 1.29 is 51.8 Å². The number of likely N-dealkylation sites (tertiary alicyclic amines) is 3. The van der Waals surface area contributed by atoms with Crippen LogP contribution in [0.15, 0.2) is 48.8 Å². The number of H-pyrrole nitrogens is 2. The van der Waals surface area contributed by atoms with Crippen LogP contribution in [-0.2, 0) is 33.4 Å². The Morgan fingerprint density at radius 3 is 1.45 bits per heavy atom. The molecule has 9 atom stereocenters. The predicted octanol–water partition coefficient (Wildman–Crippen LogP) is 13.5. The van der Waals surface area contributed by atoms with Gasteiger partial charge in [-0.3, -0.25) is 19.2 Å². The SMILES string of the molecule is CC(C)(C)OC(=O)C[C@H](C(=O)N1C[C@H](c2c[nH]c3cc(F)ccc23)[C@@H]2[C@H]1CCN2C(=O)[C@@H](NC(=O)OC(C)(C)C)C1CCCCC1)C1CCCCC1.CC(C)(C)OC(=O)N[C@H](C(=O)N1CC[C@H]2CC[C@H](c3c[nH]c4cc(F)ccc34)[C@H]21)C1CCCCC1. The quantitative estimate of drug-likeness (QED) is 0.0788. The van der Waals surface area contributed by atoms with Crippen LogP contribution in [-0.4, -0.2) is 127 Å². The molecule has 0 unspecified atom stereocenters. The summed E-state index contributed by atoms with van der Waals surface area (Å²) in [5.41, 5.74) is 1.55. The molecule has 5 heterocycles. The van der Waals surface area contributed by atoms with Gasteiger partial charge < -0.3 is 49.5 Å². The largest absolute Gasteiger partial charge is 0.460 e. The van der Waals surface area contributed by atoms with Crippen molar-refractivity contribution in [3.05, 3.63) is 71.6 Å². The third kappa shape index (κ3) is 14.9. The zero-order valence-electron chi connectivity index (χ0n) is 53.1. The van der Waals surface area contributed by atoms with E-state index in [0.29, 0.717) is 30.9 Å². The van der Waals surface area contributed by atoms with E-state index in [0.717, 1.165) is 138 Å². The molecule has 0 bridgehead atoms. The molecule has 476 valence electrons. The van der Waals surface area contributed by atoms with Crippen molar-refractivity contribution in [1.82, 2.24) is 35.3 Å². The Bertz CT molecular complexity index is 3040. The first-order valence-electron chi connectivity index (χ1n) is 33.0. The van der Waals surface area contributed by atoms with Gasteiger partial charge in [0.05, 0.1) is 24.4 Å². The number of aromatic amines is 2. The number of ether oxygens (including phenoxy) is 3.